The maximum Gasteiger partial charge on any atom is 0.329 e. The smallest absolute Gasteiger partial charge is 0.329 e. The molecule has 0 spiro atoms. The zero-order chi connectivity index (χ0) is 21.7. The Bertz CT molecular complexity index is 1080. The van der Waals surface area contributed by atoms with E-state index >= 15 is 0 Å². The predicted molar refractivity (Wildman–Crippen MR) is 114 cm³/mol. The second kappa shape index (κ2) is 9.45. The van der Waals surface area contributed by atoms with Crippen molar-refractivity contribution in [2.24, 2.45) is 5.92 Å². The molecule has 0 radical (unpaired) electrons. The van der Waals surface area contributed by atoms with Gasteiger partial charge in [0, 0.05) is 5.56 Å². The minimum Gasteiger partial charge on any atom is -0.454 e. The van der Waals surface area contributed by atoms with Gasteiger partial charge in [-0.1, -0.05) is 37.6 Å². The molecule has 1 atom stereocenters. The molecule has 9 heteroatoms. The number of nitrogens with zero attached hydrogens (tertiary/aromatic N) is 2. The van der Waals surface area contributed by atoms with E-state index in [1.165, 1.54) is 0 Å². The number of ether oxygens (including phenoxy) is 1. The van der Waals surface area contributed by atoms with E-state index in [1.807, 2.05) is 13.0 Å². The fraction of sp³-hybridized carbons (Fsp3) is 0.286. The second-order valence-corrected chi connectivity index (χ2v) is 7.69. The molecule has 0 aliphatic carbocycles. The molecule has 3 aromatic rings. The van der Waals surface area contributed by atoms with Crippen LogP contribution in [-0.2, 0) is 14.3 Å². The summed E-state index contributed by atoms with van der Waals surface area (Å²) in [5.74, 6) is -1.77. The van der Waals surface area contributed by atoms with Crippen molar-refractivity contribution in [2.75, 3.05) is 11.9 Å². The van der Waals surface area contributed by atoms with Crippen LogP contribution in [0, 0.1) is 12.8 Å². The number of aryl methyl sites for hydroxylation is 1. The number of esters is 1. The van der Waals surface area contributed by atoms with Crippen molar-refractivity contribution in [2.45, 2.75) is 26.8 Å². The number of nitrogens with one attached hydrogen (secondary N) is 2. The van der Waals surface area contributed by atoms with E-state index in [2.05, 4.69) is 19.4 Å². The SMILES string of the molecule is Cc1cccc(C(=O)N[C@H](C(=O)OCC(=O)Nc2cccc3nsnc23)C(C)C)c1. The summed E-state index contributed by atoms with van der Waals surface area (Å²) in [6.07, 6.45) is 0. The summed E-state index contributed by atoms with van der Waals surface area (Å²) in [5.41, 5.74) is 3.14. The van der Waals surface area contributed by atoms with E-state index < -0.39 is 24.5 Å². The van der Waals surface area contributed by atoms with E-state index in [9.17, 15) is 14.4 Å². The summed E-state index contributed by atoms with van der Waals surface area (Å²) < 4.78 is 13.4. The molecule has 0 bridgehead atoms. The number of anilines is 1. The molecule has 1 aromatic heterocycles. The van der Waals surface area contributed by atoms with Gasteiger partial charge in [-0.3, -0.25) is 9.59 Å². The Hall–Kier alpha value is -3.33. The van der Waals surface area contributed by atoms with Gasteiger partial charge in [-0.25, -0.2) is 4.79 Å². The minimum atomic E-state index is -0.878. The van der Waals surface area contributed by atoms with E-state index in [1.54, 1.807) is 50.2 Å². The maximum absolute atomic E-state index is 12.5. The van der Waals surface area contributed by atoms with Gasteiger partial charge in [-0.15, -0.1) is 0 Å². The third-order valence-corrected chi connectivity index (χ3v) is 4.94. The highest BCUT2D eigenvalue weighted by molar-refractivity contribution is 7.00. The number of benzene rings is 2. The van der Waals surface area contributed by atoms with Crippen LogP contribution >= 0.6 is 11.7 Å². The zero-order valence-electron chi connectivity index (χ0n) is 16.8. The van der Waals surface area contributed by atoms with Crippen molar-refractivity contribution in [3.8, 4) is 0 Å². The lowest BCUT2D eigenvalue weighted by Crippen LogP contribution is -2.46. The Balaban J connectivity index is 1.59. The highest BCUT2D eigenvalue weighted by Gasteiger charge is 2.27. The van der Waals surface area contributed by atoms with E-state index in [0.29, 0.717) is 22.3 Å². The van der Waals surface area contributed by atoms with Crippen molar-refractivity contribution in [3.05, 3.63) is 53.6 Å². The molecule has 0 saturated heterocycles. The fourth-order valence-corrected chi connectivity index (χ4v) is 3.38. The summed E-state index contributed by atoms with van der Waals surface area (Å²) in [6.45, 7) is 4.99. The first kappa shape index (κ1) is 21.4. The summed E-state index contributed by atoms with van der Waals surface area (Å²) in [6, 6.07) is 11.4. The Kier molecular flexibility index (Phi) is 6.73. The Labute approximate surface area is 178 Å². The molecule has 30 heavy (non-hydrogen) atoms. The first-order chi connectivity index (χ1) is 14.3. The standard InChI is InChI=1S/C21H22N4O4S/c1-12(2)18(23-20(27)14-7-4-6-13(3)10-14)21(28)29-11-17(26)22-15-8-5-9-16-19(15)25-30-24-16/h4-10,12,18H,11H2,1-3H3,(H,22,26)(H,23,27)/t18-/m0/s1. The van der Waals surface area contributed by atoms with Crippen LogP contribution in [0.4, 0.5) is 5.69 Å². The number of rotatable bonds is 7. The highest BCUT2D eigenvalue weighted by atomic mass is 32.1. The number of carbonyl (C=O) groups excluding carboxylic acids is 3. The van der Waals surface area contributed by atoms with Crippen LogP contribution in [0.1, 0.15) is 29.8 Å². The average Bonchev–Trinajstić information content (AvgIpc) is 3.19. The number of hydrogen-bond donors (Lipinski definition) is 2. The first-order valence-electron chi connectivity index (χ1n) is 9.40. The number of carbonyl (C=O) groups is 3. The number of aromatic nitrogens is 2. The summed E-state index contributed by atoms with van der Waals surface area (Å²) in [5, 5.41) is 5.36. The molecule has 0 unspecified atom stereocenters. The Morgan fingerprint density at radius 2 is 1.87 bits per heavy atom. The molecular formula is C21H22N4O4S. The van der Waals surface area contributed by atoms with Crippen molar-refractivity contribution in [1.29, 1.82) is 0 Å². The van der Waals surface area contributed by atoms with E-state index in [0.717, 1.165) is 17.3 Å². The molecule has 0 fully saturated rings. The van der Waals surface area contributed by atoms with Gasteiger partial charge >= 0.3 is 5.97 Å². The van der Waals surface area contributed by atoms with Crippen LogP contribution < -0.4 is 10.6 Å². The number of amides is 2. The second-order valence-electron chi connectivity index (χ2n) is 7.16. The van der Waals surface area contributed by atoms with E-state index in [4.69, 9.17) is 4.74 Å². The molecule has 1 heterocycles. The topological polar surface area (TPSA) is 110 Å². The van der Waals surface area contributed by atoms with E-state index in [-0.39, 0.29) is 11.8 Å². The lowest BCUT2D eigenvalue weighted by atomic mass is 10.0. The van der Waals surface area contributed by atoms with Gasteiger partial charge in [0.2, 0.25) is 0 Å². The summed E-state index contributed by atoms with van der Waals surface area (Å²) in [7, 11) is 0. The third kappa shape index (κ3) is 5.18. The lowest BCUT2D eigenvalue weighted by Gasteiger charge is -2.21. The maximum atomic E-state index is 12.5. The summed E-state index contributed by atoms with van der Waals surface area (Å²) >= 11 is 1.05. The monoisotopic (exact) mass is 426 g/mol. The van der Waals surface area contributed by atoms with Crippen molar-refractivity contribution < 1.29 is 19.1 Å². The van der Waals surface area contributed by atoms with Gasteiger partial charge in [-0.2, -0.15) is 8.75 Å². The highest BCUT2D eigenvalue weighted by Crippen LogP contribution is 2.21. The van der Waals surface area contributed by atoms with Gasteiger partial charge in [0.05, 0.1) is 17.4 Å². The van der Waals surface area contributed by atoms with Gasteiger partial charge in [0.25, 0.3) is 11.8 Å². The molecule has 0 aliphatic rings. The number of hydrogen-bond acceptors (Lipinski definition) is 7. The zero-order valence-corrected chi connectivity index (χ0v) is 17.7. The van der Waals surface area contributed by atoms with Crippen LogP contribution in [-0.4, -0.2) is 39.2 Å². The molecule has 2 amide bonds. The normalized spacial score (nSPS) is 11.9. The van der Waals surface area contributed by atoms with Crippen LogP contribution in [0.15, 0.2) is 42.5 Å². The molecule has 2 N–H and O–H groups in total. The first-order valence-corrected chi connectivity index (χ1v) is 10.1. The molecule has 3 rings (SSSR count). The predicted octanol–water partition coefficient (Wildman–Crippen LogP) is 2.94. The lowest BCUT2D eigenvalue weighted by molar-refractivity contribution is -0.150. The summed E-state index contributed by atoms with van der Waals surface area (Å²) in [4.78, 5) is 37.2. The van der Waals surface area contributed by atoms with Crippen LogP contribution in [0.2, 0.25) is 0 Å². The van der Waals surface area contributed by atoms with Crippen LogP contribution in [0.25, 0.3) is 11.0 Å². The Morgan fingerprint density at radius 3 is 2.60 bits per heavy atom. The van der Waals surface area contributed by atoms with Crippen molar-refractivity contribution in [3.63, 3.8) is 0 Å². The van der Waals surface area contributed by atoms with Crippen LogP contribution in [0.3, 0.4) is 0 Å². The number of fused-ring (bicyclic) bond motifs is 1. The third-order valence-electron chi connectivity index (χ3n) is 4.39. The van der Waals surface area contributed by atoms with Crippen molar-refractivity contribution >= 4 is 46.2 Å². The van der Waals surface area contributed by atoms with Gasteiger partial charge in [0.1, 0.15) is 17.1 Å². The largest absolute Gasteiger partial charge is 0.454 e. The van der Waals surface area contributed by atoms with Crippen molar-refractivity contribution in [1.82, 2.24) is 14.1 Å². The fourth-order valence-electron chi connectivity index (χ4n) is 2.83. The molecule has 0 aliphatic heterocycles. The minimum absolute atomic E-state index is 0.218. The molecule has 0 saturated carbocycles. The quantitative estimate of drug-likeness (QED) is 0.562. The molecule has 156 valence electrons. The molecule has 2 aromatic carbocycles. The Morgan fingerprint density at radius 1 is 1.10 bits per heavy atom. The van der Waals surface area contributed by atoms with Crippen LogP contribution in [0.5, 0.6) is 0 Å². The van der Waals surface area contributed by atoms with Gasteiger partial charge < -0.3 is 15.4 Å². The van der Waals surface area contributed by atoms with Gasteiger partial charge in [0.15, 0.2) is 6.61 Å². The average molecular weight is 426 g/mol. The van der Waals surface area contributed by atoms with Gasteiger partial charge in [-0.05, 0) is 37.1 Å². The molecule has 8 nitrogen and oxygen atoms in total. The molecular weight excluding hydrogens is 404 g/mol.